The molecule has 1 aliphatic rings. The second-order valence-electron chi connectivity index (χ2n) is 8.11. The van der Waals surface area contributed by atoms with Crippen LogP contribution in [0.5, 0.6) is 0 Å². The minimum Gasteiger partial charge on any atom is -0.247 e. The van der Waals surface area contributed by atoms with Crippen molar-refractivity contribution in [3.63, 3.8) is 0 Å². The van der Waals surface area contributed by atoms with E-state index in [2.05, 4.69) is 9.98 Å². The summed E-state index contributed by atoms with van der Waals surface area (Å²) in [6, 6.07) is 23.4. The van der Waals surface area contributed by atoms with Crippen LogP contribution in [0.3, 0.4) is 0 Å². The molecule has 0 N–H and O–H groups in total. The highest BCUT2D eigenvalue weighted by Crippen LogP contribution is 2.39. The van der Waals surface area contributed by atoms with Crippen LogP contribution < -0.4 is 0 Å². The zero-order chi connectivity index (χ0) is 25.5. The van der Waals surface area contributed by atoms with Gasteiger partial charge in [-0.1, -0.05) is 72.8 Å². The van der Waals surface area contributed by atoms with Crippen molar-refractivity contribution in [3.8, 4) is 0 Å². The van der Waals surface area contributed by atoms with Crippen molar-refractivity contribution < 1.29 is 26.3 Å². The second kappa shape index (κ2) is 8.78. The van der Waals surface area contributed by atoms with Crippen molar-refractivity contribution in [2.24, 2.45) is 9.98 Å². The lowest BCUT2D eigenvalue weighted by molar-refractivity contribution is -0.138. The predicted octanol–water partition coefficient (Wildman–Crippen LogP) is 8.38. The van der Waals surface area contributed by atoms with Gasteiger partial charge in [-0.3, -0.25) is 0 Å². The molecule has 0 radical (unpaired) electrons. The van der Waals surface area contributed by atoms with E-state index in [1.165, 1.54) is 12.1 Å². The third-order valence-corrected chi connectivity index (χ3v) is 5.72. The number of aliphatic imine (C=N–C) groups is 2. The number of halogens is 6. The van der Waals surface area contributed by atoms with E-state index in [0.717, 1.165) is 24.3 Å². The quantitative estimate of drug-likeness (QED) is 0.220. The van der Waals surface area contributed by atoms with Crippen LogP contribution in [0.2, 0.25) is 0 Å². The van der Waals surface area contributed by atoms with E-state index in [-0.39, 0.29) is 33.9 Å². The van der Waals surface area contributed by atoms with Crippen LogP contribution in [0, 0.1) is 0 Å². The fourth-order valence-electron chi connectivity index (χ4n) is 3.99. The molecule has 0 saturated heterocycles. The first-order valence-corrected chi connectivity index (χ1v) is 10.8. The lowest BCUT2D eigenvalue weighted by Gasteiger charge is -2.20. The molecule has 0 aromatic heterocycles. The first kappa shape index (κ1) is 23.5. The van der Waals surface area contributed by atoms with E-state index >= 15 is 0 Å². The fraction of sp³-hybridized carbons (Fsp3) is 0.0714. The highest BCUT2D eigenvalue weighted by molar-refractivity contribution is 6.22. The van der Waals surface area contributed by atoms with Gasteiger partial charge in [0.1, 0.15) is 0 Å². The van der Waals surface area contributed by atoms with E-state index < -0.39 is 23.5 Å². The number of hydrogen-bond acceptors (Lipinski definition) is 2. The SMILES string of the molecule is FC(F)(F)c1ccc2c(c1)N=C(c1ccccc1)c1ccc(C(F)(F)F)cc1N=C2c1ccccc1. The van der Waals surface area contributed by atoms with Gasteiger partial charge in [0.15, 0.2) is 0 Å². The molecule has 0 saturated carbocycles. The molecule has 0 amide bonds. The highest BCUT2D eigenvalue weighted by Gasteiger charge is 2.34. The Hall–Kier alpha value is -4.20. The van der Waals surface area contributed by atoms with Gasteiger partial charge in [-0.05, 0) is 24.3 Å². The number of nitrogens with zero attached hydrogens (tertiary/aromatic N) is 2. The third-order valence-electron chi connectivity index (χ3n) is 5.72. The molecular weight excluding hydrogens is 478 g/mol. The molecule has 8 heteroatoms. The summed E-state index contributed by atoms with van der Waals surface area (Å²) in [5, 5.41) is 0. The Bertz CT molecular complexity index is 1370. The van der Waals surface area contributed by atoms with Gasteiger partial charge in [0.2, 0.25) is 0 Å². The Balaban J connectivity index is 1.87. The monoisotopic (exact) mass is 494 g/mol. The Kier molecular flexibility index (Phi) is 5.74. The maximum Gasteiger partial charge on any atom is 0.416 e. The molecule has 1 heterocycles. The predicted molar refractivity (Wildman–Crippen MR) is 126 cm³/mol. The maximum absolute atomic E-state index is 13.6. The van der Waals surface area contributed by atoms with Crippen molar-refractivity contribution >= 4 is 22.8 Å². The van der Waals surface area contributed by atoms with Gasteiger partial charge in [0.25, 0.3) is 0 Å². The van der Waals surface area contributed by atoms with Gasteiger partial charge in [-0.25, -0.2) is 9.98 Å². The topological polar surface area (TPSA) is 24.7 Å². The highest BCUT2D eigenvalue weighted by atomic mass is 19.4. The van der Waals surface area contributed by atoms with E-state index in [0.29, 0.717) is 11.1 Å². The van der Waals surface area contributed by atoms with Gasteiger partial charge in [-0.15, -0.1) is 0 Å². The average molecular weight is 494 g/mol. The Morgan fingerprint density at radius 2 is 0.806 bits per heavy atom. The van der Waals surface area contributed by atoms with E-state index in [1.54, 1.807) is 60.7 Å². The Morgan fingerprint density at radius 1 is 0.444 bits per heavy atom. The number of alkyl halides is 6. The smallest absolute Gasteiger partial charge is 0.247 e. The molecule has 0 spiro atoms. The Morgan fingerprint density at radius 3 is 1.14 bits per heavy atom. The number of hydrogen-bond donors (Lipinski definition) is 0. The molecule has 180 valence electrons. The molecule has 1 aliphatic heterocycles. The second-order valence-corrected chi connectivity index (χ2v) is 8.11. The van der Waals surface area contributed by atoms with Crippen LogP contribution in [0.1, 0.15) is 33.4 Å². The van der Waals surface area contributed by atoms with Gasteiger partial charge < -0.3 is 0 Å². The van der Waals surface area contributed by atoms with Gasteiger partial charge in [-0.2, -0.15) is 26.3 Å². The average Bonchev–Trinajstić information content (AvgIpc) is 2.84. The lowest BCUT2D eigenvalue weighted by atomic mass is 9.94. The minimum atomic E-state index is -4.61. The molecule has 36 heavy (non-hydrogen) atoms. The lowest BCUT2D eigenvalue weighted by Crippen LogP contribution is -2.13. The fourth-order valence-corrected chi connectivity index (χ4v) is 3.99. The number of fused-ring (bicyclic) bond motifs is 2. The van der Waals surface area contributed by atoms with Crippen LogP contribution in [0.15, 0.2) is 107 Å². The molecule has 4 aromatic carbocycles. The van der Waals surface area contributed by atoms with Gasteiger partial charge in [0.05, 0.1) is 33.9 Å². The third kappa shape index (κ3) is 4.54. The largest absolute Gasteiger partial charge is 0.416 e. The van der Waals surface area contributed by atoms with Crippen molar-refractivity contribution in [1.82, 2.24) is 0 Å². The summed E-state index contributed by atoms with van der Waals surface area (Å²) in [6.07, 6.45) is -9.22. The van der Waals surface area contributed by atoms with Crippen LogP contribution in [-0.2, 0) is 12.4 Å². The Labute approximate surface area is 202 Å². The standard InChI is InChI=1S/C28H16F6N2/c29-27(30,31)19-11-13-21-23(15-19)36-26(18-9-5-2-6-10-18)22-14-12-20(28(32,33)34)16-24(22)35-25(21)17-7-3-1-4-8-17/h1-16H. The van der Waals surface area contributed by atoms with Crippen LogP contribution in [0.25, 0.3) is 0 Å². The molecule has 5 rings (SSSR count). The van der Waals surface area contributed by atoms with E-state index in [4.69, 9.17) is 0 Å². The zero-order valence-corrected chi connectivity index (χ0v) is 18.4. The van der Waals surface area contributed by atoms with E-state index in [1.807, 2.05) is 0 Å². The summed E-state index contributed by atoms with van der Waals surface area (Å²) >= 11 is 0. The normalized spacial score (nSPS) is 13.6. The molecule has 0 aliphatic carbocycles. The van der Waals surface area contributed by atoms with Gasteiger partial charge >= 0.3 is 12.4 Å². The summed E-state index contributed by atoms with van der Waals surface area (Å²) < 4.78 is 81.5. The summed E-state index contributed by atoms with van der Waals surface area (Å²) in [6.45, 7) is 0. The molecule has 0 fully saturated rings. The molecular formula is C28H16F6N2. The van der Waals surface area contributed by atoms with Crippen molar-refractivity contribution in [3.05, 3.63) is 130 Å². The van der Waals surface area contributed by atoms with Crippen LogP contribution in [0.4, 0.5) is 37.7 Å². The number of rotatable bonds is 2. The molecule has 0 atom stereocenters. The van der Waals surface area contributed by atoms with E-state index in [9.17, 15) is 26.3 Å². The summed E-state index contributed by atoms with van der Waals surface area (Å²) in [5.74, 6) is 0. The minimum absolute atomic E-state index is 0.0110. The zero-order valence-electron chi connectivity index (χ0n) is 18.4. The van der Waals surface area contributed by atoms with Crippen molar-refractivity contribution in [2.45, 2.75) is 12.4 Å². The first-order valence-electron chi connectivity index (χ1n) is 10.8. The molecule has 0 unspecified atom stereocenters. The van der Waals surface area contributed by atoms with Gasteiger partial charge in [0, 0.05) is 22.3 Å². The van der Waals surface area contributed by atoms with Crippen molar-refractivity contribution in [1.29, 1.82) is 0 Å². The summed E-state index contributed by atoms with van der Waals surface area (Å²) in [4.78, 5) is 9.21. The van der Waals surface area contributed by atoms with Crippen molar-refractivity contribution in [2.75, 3.05) is 0 Å². The first-order chi connectivity index (χ1) is 17.1. The summed E-state index contributed by atoms with van der Waals surface area (Å²) in [5.41, 5.74) is 0.271. The molecule has 0 bridgehead atoms. The maximum atomic E-state index is 13.6. The molecule has 4 aromatic rings. The summed E-state index contributed by atoms with van der Waals surface area (Å²) in [7, 11) is 0. The molecule has 2 nitrogen and oxygen atoms in total. The van der Waals surface area contributed by atoms with Crippen LogP contribution >= 0.6 is 0 Å². The number of benzene rings is 4. The van der Waals surface area contributed by atoms with Crippen LogP contribution in [-0.4, -0.2) is 11.4 Å².